The molecule has 8 nitrogen and oxygen atoms in total. The van der Waals surface area contributed by atoms with Gasteiger partial charge in [0.25, 0.3) is 10.0 Å². The van der Waals surface area contributed by atoms with Gasteiger partial charge in [-0.2, -0.15) is 5.10 Å². The Labute approximate surface area is 172 Å². The lowest BCUT2D eigenvalue weighted by Gasteiger charge is -2.12. The Hall–Kier alpha value is -3.17. The Morgan fingerprint density at radius 1 is 1.24 bits per heavy atom. The first-order valence-corrected chi connectivity index (χ1v) is 10.2. The van der Waals surface area contributed by atoms with Gasteiger partial charge in [0.15, 0.2) is 0 Å². The van der Waals surface area contributed by atoms with E-state index in [-0.39, 0.29) is 17.0 Å². The maximum Gasteiger partial charge on any atom is 0.310 e. The first-order valence-electron chi connectivity index (χ1n) is 8.31. The fourth-order valence-corrected chi connectivity index (χ4v) is 3.70. The molecule has 0 radical (unpaired) electrons. The highest BCUT2D eigenvalue weighted by molar-refractivity contribution is 7.92. The summed E-state index contributed by atoms with van der Waals surface area (Å²) in [4.78, 5) is 22.6. The highest BCUT2D eigenvalue weighted by atomic mass is 35.5. The number of esters is 1. The molecule has 1 aromatic heterocycles. The van der Waals surface area contributed by atoms with E-state index in [9.17, 15) is 18.0 Å². The van der Waals surface area contributed by atoms with E-state index >= 15 is 0 Å². The lowest BCUT2D eigenvalue weighted by molar-refractivity contribution is -0.139. The van der Waals surface area contributed by atoms with Crippen molar-refractivity contribution in [2.75, 3.05) is 11.8 Å². The Kier molecular flexibility index (Phi) is 6.00. The third kappa shape index (κ3) is 4.82. The lowest BCUT2D eigenvalue weighted by Crippen LogP contribution is -2.15. The number of nitrogens with one attached hydrogen (secondary N) is 1. The number of hydrogen-bond donors (Lipinski definition) is 1. The second kappa shape index (κ2) is 8.46. The summed E-state index contributed by atoms with van der Waals surface area (Å²) in [5.74, 6) is -0.566. The molecule has 10 heteroatoms. The molecule has 0 amide bonds. The molecule has 0 saturated carbocycles. The van der Waals surface area contributed by atoms with E-state index in [1.807, 2.05) is 0 Å². The van der Waals surface area contributed by atoms with Crippen molar-refractivity contribution >= 4 is 39.6 Å². The van der Waals surface area contributed by atoms with Crippen molar-refractivity contribution in [3.05, 3.63) is 71.0 Å². The Balaban J connectivity index is 1.90. The second-order valence-corrected chi connectivity index (χ2v) is 8.11. The molecular weight excluding hydrogens is 418 g/mol. The molecule has 0 spiro atoms. The number of halogens is 1. The average Bonchev–Trinajstić information content (AvgIpc) is 3.21. The maximum absolute atomic E-state index is 12.8. The van der Waals surface area contributed by atoms with Gasteiger partial charge in [-0.1, -0.05) is 11.6 Å². The zero-order chi connectivity index (χ0) is 21.0. The molecule has 0 saturated heterocycles. The summed E-state index contributed by atoms with van der Waals surface area (Å²) in [6.45, 7) is 0. The van der Waals surface area contributed by atoms with Crippen LogP contribution in [0.5, 0.6) is 0 Å². The van der Waals surface area contributed by atoms with E-state index in [0.29, 0.717) is 28.1 Å². The van der Waals surface area contributed by atoms with Crippen LogP contribution in [0.2, 0.25) is 5.02 Å². The number of rotatable bonds is 7. The van der Waals surface area contributed by atoms with Gasteiger partial charge in [-0.25, -0.2) is 13.1 Å². The molecule has 0 unspecified atom stereocenters. The number of carbonyl (C=O) groups excluding carboxylic acids is 2. The van der Waals surface area contributed by atoms with E-state index in [1.165, 1.54) is 42.4 Å². The summed E-state index contributed by atoms with van der Waals surface area (Å²) in [5.41, 5.74) is 1.43. The van der Waals surface area contributed by atoms with Crippen LogP contribution >= 0.6 is 11.6 Å². The van der Waals surface area contributed by atoms with E-state index in [4.69, 9.17) is 11.6 Å². The monoisotopic (exact) mass is 433 g/mol. The molecule has 29 heavy (non-hydrogen) atoms. The van der Waals surface area contributed by atoms with E-state index in [1.54, 1.807) is 24.3 Å². The number of sulfonamides is 1. The minimum atomic E-state index is -3.99. The van der Waals surface area contributed by atoms with Crippen molar-refractivity contribution in [3.63, 3.8) is 0 Å². The number of hydrogen-bond acceptors (Lipinski definition) is 6. The van der Waals surface area contributed by atoms with Crippen LogP contribution < -0.4 is 4.72 Å². The van der Waals surface area contributed by atoms with Gasteiger partial charge in [0, 0.05) is 10.6 Å². The minimum absolute atomic E-state index is 0.0732. The normalized spacial score (nSPS) is 11.1. The zero-order valence-corrected chi connectivity index (χ0v) is 16.8. The Bertz CT molecular complexity index is 1160. The molecule has 0 atom stereocenters. The van der Waals surface area contributed by atoms with E-state index < -0.39 is 16.0 Å². The molecular formula is C19H16ClN3O5S. The summed E-state index contributed by atoms with van der Waals surface area (Å²) in [7, 11) is -2.77. The van der Waals surface area contributed by atoms with Crippen LogP contribution in [0, 0.1) is 0 Å². The molecule has 0 aliphatic carbocycles. The number of aldehydes is 1. The number of aromatic nitrogens is 2. The number of carbonyl (C=O) groups is 2. The van der Waals surface area contributed by atoms with Crippen molar-refractivity contribution in [1.82, 2.24) is 9.78 Å². The first-order chi connectivity index (χ1) is 13.8. The van der Waals surface area contributed by atoms with Crippen molar-refractivity contribution in [3.8, 4) is 5.69 Å². The number of methoxy groups -OCH3 is 1. The number of anilines is 1. The molecule has 2 aromatic carbocycles. The molecule has 1 N–H and O–H groups in total. The van der Waals surface area contributed by atoms with Crippen LogP contribution in [-0.4, -0.2) is 37.6 Å². The molecule has 0 aliphatic heterocycles. The van der Waals surface area contributed by atoms with Crippen LogP contribution in [0.3, 0.4) is 0 Å². The van der Waals surface area contributed by atoms with Gasteiger partial charge in [0.2, 0.25) is 0 Å². The highest BCUT2D eigenvalue weighted by Gasteiger charge is 2.20. The predicted octanol–water partition coefficient (Wildman–Crippen LogP) is 2.85. The van der Waals surface area contributed by atoms with Gasteiger partial charge in [0.1, 0.15) is 11.2 Å². The SMILES string of the molecule is COC(=O)Cc1cc(C=O)ccc1NS(=O)(=O)c1cnn(-c2ccc(Cl)cc2)c1. The Morgan fingerprint density at radius 3 is 2.62 bits per heavy atom. The van der Waals surface area contributed by atoms with Crippen molar-refractivity contribution in [2.45, 2.75) is 11.3 Å². The largest absolute Gasteiger partial charge is 0.469 e. The molecule has 3 rings (SSSR count). The first kappa shape index (κ1) is 20.6. The fourth-order valence-electron chi connectivity index (χ4n) is 2.54. The van der Waals surface area contributed by atoms with Gasteiger partial charge in [-0.05, 0) is 48.0 Å². The number of benzene rings is 2. The molecule has 3 aromatic rings. The zero-order valence-electron chi connectivity index (χ0n) is 15.2. The third-order valence-electron chi connectivity index (χ3n) is 4.03. The van der Waals surface area contributed by atoms with E-state index in [0.717, 1.165) is 0 Å². The van der Waals surface area contributed by atoms with Crippen molar-refractivity contribution in [2.24, 2.45) is 0 Å². The molecule has 0 aliphatic rings. The highest BCUT2D eigenvalue weighted by Crippen LogP contribution is 2.23. The van der Waals surface area contributed by atoms with Gasteiger partial charge in [-0.3, -0.25) is 14.3 Å². The molecule has 0 fully saturated rings. The average molecular weight is 434 g/mol. The van der Waals surface area contributed by atoms with Gasteiger partial charge < -0.3 is 4.74 Å². The standard InChI is InChI=1S/C19H16ClN3O5S/c1-28-19(25)9-14-8-13(12-24)2-7-18(14)22-29(26,27)17-10-21-23(11-17)16-5-3-15(20)4-6-16/h2-8,10-12,22H,9H2,1H3. The van der Waals surface area contributed by atoms with Crippen molar-refractivity contribution < 1.29 is 22.7 Å². The maximum atomic E-state index is 12.8. The van der Waals surface area contributed by atoms with Gasteiger partial charge in [0.05, 0.1) is 37.3 Å². The summed E-state index contributed by atoms with van der Waals surface area (Å²) in [5, 5.41) is 4.62. The summed E-state index contributed by atoms with van der Waals surface area (Å²) in [6, 6.07) is 11.0. The van der Waals surface area contributed by atoms with Crippen LogP contribution in [-0.2, 0) is 26.0 Å². The van der Waals surface area contributed by atoms with Gasteiger partial charge in [-0.15, -0.1) is 0 Å². The second-order valence-electron chi connectivity index (χ2n) is 5.99. The van der Waals surface area contributed by atoms with Crippen LogP contribution in [0.15, 0.2) is 59.8 Å². The summed E-state index contributed by atoms with van der Waals surface area (Å²) in [6.07, 6.45) is 2.97. The smallest absolute Gasteiger partial charge is 0.310 e. The fraction of sp³-hybridized carbons (Fsp3) is 0.105. The topological polar surface area (TPSA) is 107 Å². The quantitative estimate of drug-likeness (QED) is 0.453. The summed E-state index contributed by atoms with van der Waals surface area (Å²) < 4.78 is 34.0. The lowest BCUT2D eigenvalue weighted by atomic mass is 10.1. The van der Waals surface area contributed by atoms with Gasteiger partial charge >= 0.3 is 5.97 Å². The predicted molar refractivity (Wildman–Crippen MR) is 107 cm³/mol. The molecule has 150 valence electrons. The van der Waals surface area contributed by atoms with Crippen LogP contribution in [0.25, 0.3) is 5.69 Å². The Morgan fingerprint density at radius 2 is 1.97 bits per heavy atom. The molecule has 1 heterocycles. The van der Waals surface area contributed by atoms with Crippen molar-refractivity contribution in [1.29, 1.82) is 0 Å². The number of nitrogens with zero attached hydrogens (tertiary/aromatic N) is 2. The molecule has 0 bridgehead atoms. The third-order valence-corrected chi connectivity index (χ3v) is 5.60. The minimum Gasteiger partial charge on any atom is -0.469 e. The van der Waals surface area contributed by atoms with Crippen LogP contribution in [0.4, 0.5) is 5.69 Å². The number of ether oxygens (including phenoxy) is 1. The van der Waals surface area contributed by atoms with Crippen LogP contribution in [0.1, 0.15) is 15.9 Å². The van der Waals surface area contributed by atoms with E-state index in [2.05, 4.69) is 14.6 Å². The summed E-state index contributed by atoms with van der Waals surface area (Å²) >= 11 is 5.86.